The van der Waals surface area contributed by atoms with Crippen molar-refractivity contribution < 1.29 is 35.0 Å². The molecule has 228 valence electrons. The molecule has 2 saturated heterocycles. The van der Waals surface area contributed by atoms with Crippen molar-refractivity contribution in [1.82, 2.24) is 20.4 Å². The normalized spacial score (nSPS) is 17.6. The summed E-state index contributed by atoms with van der Waals surface area (Å²) < 4.78 is 63.2. The molecule has 2 aliphatic heterocycles. The Hall–Kier alpha value is -1.80. The maximum atomic E-state index is 8.74. The molecule has 0 aromatic rings. The average molecular weight is 593 g/mol. The zero-order chi connectivity index (χ0) is 29.5. The Bertz CT molecular complexity index is 731. The summed E-state index contributed by atoms with van der Waals surface area (Å²) in [7, 11) is -9.33. The molecular formula is C20H48N8O8S2. The van der Waals surface area contributed by atoms with Crippen LogP contribution in [0.1, 0.15) is 64.2 Å². The lowest BCUT2D eigenvalue weighted by atomic mass is 10.1. The summed E-state index contributed by atoms with van der Waals surface area (Å²) in [4.78, 5) is 4.93. The highest BCUT2D eigenvalue weighted by atomic mass is 32.3. The first-order valence-electron chi connectivity index (χ1n) is 12.6. The molecule has 0 spiro atoms. The van der Waals surface area contributed by atoms with E-state index in [0.29, 0.717) is 0 Å². The Kier molecular flexibility index (Phi) is 23.3. The van der Waals surface area contributed by atoms with E-state index in [9.17, 15) is 0 Å². The number of hydrogen-bond acceptors (Lipinski definition) is 8. The maximum Gasteiger partial charge on any atom is 0.394 e. The van der Waals surface area contributed by atoms with Gasteiger partial charge in [-0.2, -0.15) is 16.8 Å². The third-order valence-electron chi connectivity index (χ3n) is 5.38. The van der Waals surface area contributed by atoms with Gasteiger partial charge in [-0.1, -0.05) is 38.5 Å². The van der Waals surface area contributed by atoms with E-state index in [0.717, 1.165) is 26.2 Å². The van der Waals surface area contributed by atoms with Gasteiger partial charge in [0.2, 0.25) is 0 Å². The van der Waals surface area contributed by atoms with Crippen molar-refractivity contribution in [3.8, 4) is 0 Å². The van der Waals surface area contributed by atoms with Gasteiger partial charge in [0.25, 0.3) is 0 Å². The van der Waals surface area contributed by atoms with Crippen LogP contribution in [0.15, 0.2) is 0 Å². The van der Waals surface area contributed by atoms with Crippen LogP contribution in [0.3, 0.4) is 0 Å². The Morgan fingerprint density at radius 3 is 1.00 bits per heavy atom. The second-order valence-corrected chi connectivity index (χ2v) is 10.6. The van der Waals surface area contributed by atoms with Crippen LogP contribution in [-0.4, -0.2) is 109 Å². The molecule has 0 aromatic heterocycles. The first-order valence-corrected chi connectivity index (χ1v) is 15.4. The topological polar surface area (TPSA) is 279 Å². The standard InChI is InChI=1S/2C10H22N4.2H2O4S/c2*11-10(12)13-6-9-14-7-4-2-1-3-5-8-14;2*1-5(2,3)4/h2*1-9H2,(H4,11,12,13);2*(H2,1,2,3,4). The van der Waals surface area contributed by atoms with Gasteiger partial charge in [-0.25, -0.2) is 0 Å². The number of guanidine groups is 2. The molecule has 0 amide bonds. The molecule has 0 unspecified atom stereocenters. The van der Waals surface area contributed by atoms with Gasteiger partial charge in [-0.05, 0) is 51.9 Å². The molecule has 38 heavy (non-hydrogen) atoms. The molecule has 2 heterocycles. The highest BCUT2D eigenvalue weighted by molar-refractivity contribution is 7.80. The van der Waals surface area contributed by atoms with Crippen molar-refractivity contribution in [2.24, 2.45) is 11.5 Å². The van der Waals surface area contributed by atoms with Crippen LogP contribution < -0.4 is 22.1 Å². The fourth-order valence-electron chi connectivity index (χ4n) is 3.77. The Balaban J connectivity index is 0. The summed E-state index contributed by atoms with van der Waals surface area (Å²) in [6.07, 6.45) is 13.6. The maximum absolute atomic E-state index is 8.74. The van der Waals surface area contributed by atoms with E-state index in [1.165, 1.54) is 90.4 Å². The van der Waals surface area contributed by atoms with E-state index in [4.69, 9.17) is 57.3 Å². The van der Waals surface area contributed by atoms with Crippen molar-refractivity contribution in [1.29, 1.82) is 10.8 Å². The van der Waals surface area contributed by atoms with Crippen LogP contribution in [-0.2, 0) is 20.8 Å². The van der Waals surface area contributed by atoms with E-state index in [1.807, 2.05) is 0 Å². The molecule has 0 aliphatic carbocycles. The molecule has 18 heteroatoms. The third-order valence-corrected chi connectivity index (χ3v) is 5.38. The molecule has 2 rings (SSSR count). The molecule has 0 radical (unpaired) electrons. The first kappa shape index (κ1) is 38.3. The summed E-state index contributed by atoms with van der Waals surface area (Å²) in [6.45, 7) is 8.46. The second kappa shape index (κ2) is 23.1. The lowest BCUT2D eigenvalue weighted by Crippen LogP contribution is -2.38. The Labute approximate surface area is 227 Å². The van der Waals surface area contributed by atoms with Gasteiger partial charge in [0, 0.05) is 26.2 Å². The SMILES string of the molecule is N=C(N)NCCN1CCCCCCC1.N=C(N)NCCN1CCCCCCC1.O=S(=O)(O)O.O=S(=O)(O)O. The minimum Gasteiger partial charge on any atom is -0.370 e. The molecule has 0 aromatic carbocycles. The van der Waals surface area contributed by atoms with Crippen LogP contribution in [0.2, 0.25) is 0 Å². The zero-order valence-electron chi connectivity index (χ0n) is 22.0. The van der Waals surface area contributed by atoms with Crippen LogP contribution in [0, 0.1) is 10.8 Å². The minimum atomic E-state index is -4.67. The summed E-state index contributed by atoms with van der Waals surface area (Å²) in [5.74, 6) is 0.161. The van der Waals surface area contributed by atoms with Gasteiger partial charge < -0.3 is 31.9 Å². The smallest absolute Gasteiger partial charge is 0.370 e. The minimum absolute atomic E-state index is 0.0806. The molecular weight excluding hydrogens is 544 g/mol. The van der Waals surface area contributed by atoms with Crippen molar-refractivity contribution in [3.63, 3.8) is 0 Å². The number of hydrogen-bond donors (Lipinski definition) is 10. The Morgan fingerprint density at radius 1 is 0.579 bits per heavy atom. The van der Waals surface area contributed by atoms with Crippen LogP contribution in [0.25, 0.3) is 0 Å². The number of nitrogens with zero attached hydrogens (tertiary/aromatic N) is 2. The van der Waals surface area contributed by atoms with E-state index in [-0.39, 0.29) is 11.9 Å². The summed E-state index contributed by atoms with van der Waals surface area (Å²) in [6, 6.07) is 0. The predicted octanol–water partition coefficient (Wildman–Crippen LogP) is 0.166. The lowest BCUT2D eigenvalue weighted by Gasteiger charge is -2.24. The predicted molar refractivity (Wildman–Crippen MR) is 147 cm³/mol. The highest BCUT2D eigenvalue weighted by Crippen LogP contribution is 2.10. The molecule has 16 nitrogen and oxygen atoms in total. The van der Waals surface area contributed by atoms with E-state index in [1.54, 1.807) is 0 Å². The van der Waals surface area contributed by atoms with Crippen molar-refractivity contribution in [2.75, 3.05) is 52.4 Å². The van der Waals surface area contributed by atoms with E-state index >= 15 is 0 Å². The second-order valence-electron chi connectivity index (χ2n) is 8.80. The number of rotatable bonds is 6. The molecule has 2 aliphatic rings. The van der Waals surface area contributed by atoms with Gasteiger partial charge in [0.1, 0.15) is 0 Å². The highest BCUT2D eigenvalue weighted by Gasteiger charge is 2.08. The molecule has 0 bridgehead atoms. The summed E-state index contributed by atoms with van der Waals surface area (Å²) in [5.41, 5.74) is 10.4. The van der Waals surface area contributed by atoms with Crippen LogP contribution in [0.5, 0.6) is 0 Å². The molecule has 2 fully saturated rings. The molecule has 12 N–H and O–H groups in total. The quantitative estimate of drug-likeness (QED) is 0.112. The van der Waals surface area contributed by atoms with Crippen molar-refractivity contribution in [3.05, 3.63) is 0 Å². The van der Waals surface area contributed by atoms with Crippen LogP contribution >= 0.6 is 0 Å². The lowest BCUT2D eigenvalue weighted by molar-refractivity contribution is 0.251. The monoisotopic (exact) mass is 592 g/mol. The van der Waals surface area contributed by atoms with Gasteiger partial charge in [-0.3, -0.25) is 29.0 Å². The van der Waals surface area contributed by atoms with Crippen molar-refractivity contribution in [2.45, 2.75) is 64.2 Å². The van der Waals surface area contributed by atoms with Gasteiger partial charge in [-0.15, -0.1) is 0 Å². The van der Waals surface area contributed by atoms with Gasteiger partial charge >= 0.3 is 20.8 Å². The number of likely N-dealkylation sites (tertiary alicyclic amines) is 2. The largest absolute Gasteiger partial charge is 0.394 e. The third kappa shape index (κ3) is 41.3. The van der Waals surface area contributed by atoms with Gasteiger partial charge in [0.15, 0.2) is 11.9 Å². The fourth-order valence-corrected chi connectivity index (χ4v) is 3.77. The van der Waals surface area contributed by atoms with E-state index < -0.39 is 20.8 Å². The average Bonchev–Trinajstić information content (AvgIpc) is 2.68. The van der Waals surface area contributed by atoms with Crippen LogP contribution in [0.4, 0.5) is 0 Å². The van der Waals surface area contributed by atoms with E-state index in [2.05, 4.69) is 20.4 Å². The molecule has 0 saturated carbocycles. The summed E-state index contributed by atoms with van der Waals surface area (Å²) >= 11 is 0. The number of nitrogens with two attached hydrogens (primary N) is 2. The van der Waals surface area contributed by atoms with Crippen molar-refractivity contribution >= 4 is 32.7 Å². The Morgan fingerprint density at radius 2 is 0.789 bits per heavy atom. The first-order chi connectivity index (χ1) is 17.6. The number of nitrogens with one attached hydrogen (secondary N) is 4. The fraction of sp³-hybridized carbons (Fsp3) is 0.900. The summed E-state index contributed by atoms with van der Waals surface area (Å²) in [5, 5.41) is 19.8. The van der Waals surface area contributed by atoms with Gasteiger partial charge in [0.05, 0.1) is 0 Å². The molecule has 0 atom stereocenters. The zero-order valence-corrected chi connectivity index (χ0v) is 23.6.